The molecular weight excluding hydrogens is 248 g/mol. The molecular formula is C13H18N2O4. The predicted molar refractivity (Wildman–Crippen MR) is 71.1 cm³/mol. The standard InChI is InChI=1S/C13H18N2O4/c1-13(2,3)10(14)11(17)15-9-5-4-7(16)6-8(9)12(18)19/h4-6,10,16H,14H2,1-3H3,(H,15,17)(H,18,19)/t10-/m1/s1. The lowest BCUT2D eigenvalue weighted by Gasteiger charge is -2.26. The van der Waals surface area contributed by atoms with E-state index in [1.54, 1.807) is 0 Å². The Morgan fingerprint density at radius 3 is 2.37 bits per heavy atom. The number of carboxylic acids is 1. The van der Waals surface area contributed by atoms with E-state index in [2.05, 4.69) is 5.32 Å². The smallest absolute Gasteiger partial charge is 0.337 e. The fraction of sp³-hybridized carbons (Fsp3) is 0.385. The van der Waals surface area contributed by atoms with E-state index >= 15 is 0 Å². The highest BCUT2D eigenvalue weighted by molar-refractivity contribution is 6.02. The number of aromatic hydroxyl groups is 1. The quantitative estimate of drug-likeness (QED) is 0.618. The summed E-state index contributed by atoms with van der Waals surface area (Å²) < 4.78 is 0. The van der Waals surface area contributed by atoms with Gasteiger partial charge in [0, 0.05) is 0 Å². The van der Waals surface area contributed by atoms with Gasteiger partial charge in [-0.3, -0.25) is 4.79 Å². The molecule has 6 heteroatoms. The van der Waals surface area contributed by atoms with Gasteiger partial charge in [0.25, 0.3) is 0 Å². The van der Waals surface area contributed by atoms with Crippen molar-refractivity contribution < 1.29 is 19.8 Å². The first-order chi connectivity index (χ1) is 8.62. The number of aromatic carboxylic acids is 1. The van der Waals surface area contributed by atoms with Gasteiger partial charge in [-0.2, -0.15) is 0 Å². The molecule has 0 unspecified atom stereocenters. The van der Waals surface area contributed by atoms with Gasteiger partial charge in [0.15, 0.2) is 0 Å². The molecule has 0 bridgehead atoms. The summed E-state index contributed by atoms with van der Waals surface area (Å²) in [6, 6.07) is 2.92. The Hall–Kier alpha value is -2.08. The van der Waals surface area contributed by atoms with Crippen molar-refractivity contribution in [3.8, 4) is 5.75 Å². The molecule has 1 aromatic carbocycles. The van der Waals surface area contributed by atoms with Crippen LogP contribution < -0.4 is 11.1 Å². The van der Waals surface area contributed by atoms with Crippen LogP contribution in [0.1, 0.15) is 31.1 Å². The van der Waals surface area contributed by atoms with E-state index < -0.39 is 23.3 Å². The summed E-state index contributed by atoms with van der Waals surface area (Å²) in [6.45, 7) is 5.44. The summed E-state index contributed by atoms with van der Waals surface area (Å²) in [4.78, 5) is 23.0. The fourth-order valence-electron chi connectivity index (χ4n) is 1.42. The maximum absolute atomic E-state index is 11.9. The van der Waals surface area contributed by atoms with E-state index in [1.807, 2.05) is 20.8 Å². The van der Waals surface area contributed by atoms with Crippen molar-refractivity contribution in [2.45, 2.75) is 26.8 Å². The van der Waals surface area contributed by atoms with Crippen molar-refractivity contribution in [2.24, 2.45) is 11.1 Å². The number of hydrogen-bond acceptors (Lipinski definition) is 4. The average molecular weight is 266 g/mol. The summed E-state index contributed by atoms with van der Waals surface area (Å²) in [6.07, 6.45) is 0. The van der Waals surface area contributed by atoms with E-state index in [4.69, 9.17) is 10.8 Å². The molecule has 0 aliphatic rings. The highest BCUT2D eigenvalue weighted by atomic mass is 16.4. The Balaban J connectivity index is 3.00. The molecule has 0 spiro atoms. The zero-order valence-corrected chi connectivity index (χ0v) is 11.1. The summed E-state index contributed by atoms with van der Waals surface area (Å²) >= 11 is 0. The minimum atomic E-state index is -1.24. The number of nitrogens with two attached hydrogens (primary N) is 1. The average Bonchev–Trinajstić information content (AvgIpc) is 2.28. The van der Waals surface area contributed by atoms with Crippen LogP contribution in [0.25, 0.3) is 0 Å². The summed E-state index contributed by atoms with van der Waals surface area (Å²) in [5, 5.41) is 20.7. The van der Waals surface area contributed by atoms with Gasteiger partial charge in [0.1, 0.15) is 5.75 Å². The Morgan fingerprint density at radius 2 is 1.89 bits per heavy atom. The van der Waals surface area contributed by atoms with E-state index in [-0.39, 0.29) is 17.0 Å². The van der Waals surface area contributed by atoms with Crippen molar-refractivity contribution >= 4 is 17.6 Å². The second-order valence-corrected chi connectivity index (χ2v) is 5.37. The molecule has 1 amide bonds. The molecule has 19 heavy (non-hydrogen) atoms. The van der Waals surface area contributed by atoms with Gasteiger partial charge in [-0.1, -0.05) is 20.8 Å². The van der Waals surface area contributed by atoms with Crippen molar-refractivity contribution in [2.75, 3.05) is 5.32 Å². The summed E-state index contributed by atoms with van der Waals surface area (Å²) in [5.74, 6) is -1.90. The number of phenols is 1. The SMILES string of the molecule is CC(C)(C)[C@H](N)C(=O)Nc1ccc(O)cc1C(=O)O. The molecule has 0 saturated heterocycles. The molecule has 0 saturated carbocycles. The number of hydrogen-bond donors (Lipinski definition) is 4. The first kappa shape index (κ1) is 15.0. The second-order valence-electron chi connectivity index (χ2n) is 5.37. The van der Waals surface area contributed by atoms with Crippen LogP contribution >= 0.6 is 0 Å². The highest BCUT2D eigenvalue weighted by Gasteiger charge is 2.28. The molecule has 0 aromatic heterocycles. The Morgan fingerprint density at radius 1 is 1.32 bits per heavy atom. The third-order valence-electron chi connectivity index (χ3n) is 2.71. The predicted octanol–water partition coefficient (Wildman–Crippen LogP) is 1.40. The molecule has 1 rings (SSSR count). The zero-order valence-electron chi connectivity index (χ0n) is 11.1. The van der Waals surface area contributed by atoms with Gasteiger partial charge in [-0.05, 0) is 23.6 Å². The van der Waals surface area contributed by atoms with Crippen molar-refractivity contribution in [1.29, 1.82) is 0 Å². The molecule has 5 N–H and O–H groups in total. The third-order valence-corrected chi connectivity index (χ3v) is 2.71. The molecule has 0 fully saturated rings. The van der Waals surface area contributed by atoms with E-state index in [0.29, 0.717) is 0 Å². The van der Waals surface area contributed by atoms with Crippen LogP contribution in [0.5, 0.6) is 5.75 Å². The van der Waals surface area contributed by atoms with Crippen LogP contribution in [-0.4, -0.2) is 28.1 Å². The summed E-state index contributed by atoms with van der Waals surface area (Å²) in [5.41, 5.74) is 5.27. The number of rotatable bonds is 3. The molecule has 1 aromatic rings. The van der Waals surface area contributed by atoms with Crippen LogP contribution in [0, 0.1) is 5.41 Å². The monoisotopic (exact) mass is 266 g/mol. The zero-order chi connectivity index (χ0) is 14.8. The molecule has 0 aliphatic carbocycles. The van der Waals surface area contributed by atoms with Crippen molar-refractivity contribution in [3.05, 3.63) is 23.8 Å². The van der Waals surface area contributed by atoms with E-state index in [1.165, 1.54) is 12.1 Å². The number of nitrogens with one attached hydrogen (secondary N) is 1. The topological polar surface area (TPSA) is 113 Å². The van der Waals surface area contributed by atoms with Gasteiger partial charge in [0.2, 0.25) is 5.91 Å². The summed E-state index contributed by atoms with van der Waals surface area (Å²) in [7, 11) is 0. The van der Waals surface area contributed by atoms with Crippen LogP contribution in [-0.2, 0) is 4.79 Å². The van der Waals surface area contributed by atoms with Crippen molar-refractivity contribution in [1.82, 2.24) is 0 Å². The number of phenolic OH excluding ortho intramolecular Hbond substituents is 1. The third kappa shape index (κ3) is 3.69. The largest absolute Gasteiger partial charge is 0.508 e. The number of carbonyl (C=O) groups is 2. The van der Waals surface area contributed by atoms with Crippen molar-refractivity contribution in [3.63, 3.8) is 0 Å². The van der Waals surface area contributed by atoms with Gasteiger partial charge in [-0.25, -0.2) is 4.79 Å². The normalized spacial score (nSPS) is 12.8. The fourth-order valence-corrected chi connectivity index (χ4v) is 1.42. The second kappa shape index (κ2) is 5.27. The molecule has 1 atom stereocenters. The molecule has 6 nitrogen and oxygen atoms in total. The maximum atomic E-state index is 11.9. The van der Waals surface area contributed by atoms with Crippen LogP contribution in [0.4, 0.5) is 5.69 Å². The molecule has 0 aliphatic heterocycles. The molecule has 104 valence electrons. The Labute approximate surface area is 111 Å². The van der Waals surface area contributed by atoms with E-state index in [9.17, 15) is 14.7 Å². The maximum Gasteiger partial charge on any atom is 0.337 e. The number of carbonyl (C=O) groups excluding carboxylic acids is 1. The van der Waals surface area contributed by atoms with Gasteiger partial charge >= 0.3 is 5.97 Å². The minimum Gasteiger partial charge on any atom is -0.508 e. The molecule has 0 heterocycles. The minimum absolute atomic E-state index is 0.106. The van der Waals surface area contributed by atoms with Crippen LogP contribution in [0.2, 0.25) is 0 Å². The van der Waals surface area contributed by atoms with E-state index in [0.717, 1.165) is 6.07 Å². The number of benzene rings is 1. The lowest BCUT2D eigenvalue weighted by atomic mass is 9.87. The Bertz CT molecular complexity index is 506. The number of anilines is 1. The first-order valence-electron chi connectivity index (χ1n) is 5.75. The Kier molecular flexibility index (Phi) is 4.16. The van der Waals surface area contributed by atoms with Crippen LogP contribution in [0.3, 0.4) is 0 Å². The van der Waals surface area contributed by atoms with Gasteiger partial charge in [0.05, 0.1) is 17.3 Å². The van der Waals surface area contributed by atoms with Crippen LogP contribution in [0.15, 0.2) is 18.2 Å². The molecule has 0 radical (unpaired) electrons. The lowest BCUT2D eigenvalue weighted by molar-refractivity contribution is -0.119. The first-order valence-corrected chi connectivity index (χ1v) is 5.75. The highest BCUT2D eigenvalue weighted by Crippen LogP contribution is 2.23. The number of amides is 1. The van der Waals surface area contributed by atoms with Gasteiger partial charge in [-0.15, -0.1) is 0 Å². The number of carboxylic acid groups (broad SMARTS) is 1. The lowest BCUT2D eigenvalue weighted by Crippen LogP contribution is -2.45. The van der Waals surface area contributed by atoms with Gasteiger partial charge < -0.3 is 21.3 Å².